The van der Waals surface area contributed by atoms with E-state index in [9.17, 15) is 29.7 Å². The molecule has 16 nitrogen and oxygen atoms in total. The highest BCUT2D eigenvalue weighted by molar-refractivity contribution is 8.00. The number of aliphatic hydroxyl groups is 3. The van der Waals surface area contributed by atoms with Gasteiger partial charge >= 0.3 is 6.03 Å². The lowest BCUT2D eigenvalue weighted by atomic mass is 10.0. The van der Waals surface area contributed by atoms with Crippen LogP contribution in [0.3, 0.4) is 0 Å². The predicted octanol–water partition coefficient (Wildman–Crippen LogP) is -1.11. The molecular formula is C29H41N9O7S. The fraction of sp³-hybridized carbons (Fsp3) is 0.655. The van der Waals surface area contributed by atoms with Crippen LogP contribution in [0.15, 0.2) is 6.33 Å². The number of nitrogens with two attached hydrogens (primary N) is 1. The third-order valence-electron chi connectivity index (χ3n) is 8.34. The first-order valence-corrected chi connectivity index (χ1v) is 16.6. The van der Waals surface area contributed by atoms with Gasteiger partial charge in [0.1, 0.15) is 36.2 Å². The predicted molar refractivity (Wildman–Crippen MR) is 168 cm³/mol. The molecule has 5 heterocycles. The van der Waals surface area contributed by atoms with Gasteiger partial charge in [0.25, 0.3) is 0 Å². The van der Waals surface area contributed by atoms with Gasteiger partial charge in [-0.2, -0.15) is 16.9 Å². The van der Waals surface area contributed by atoms with Crippen molar-refractivity contribution in [2.24, 2.45) is 0 Å². The van der Waals surface area contributed by atoms with Crippen molar-refractivity contribution < 1.29 is 34.4 Å². The fourth-order valence-corrected chi connectivity index (χ4v) is 7.42. The van der Waals surface area contributed by atoms with Crippen LogP contribution in [-0.4, -0.2) is 114 Å². The van der Waals surface area contributed by atoms with Crippen molar-refractivity contribution in [1.29, 1.82) is 0 Å². The second-order valence-corrected chi connectivity index (χ2v) is 12.9. The average Bonchev–Trinajstić information content (AvgIpc) is 3.78. The van der Waals surface area contributed by atoms with Crippen LogP contribution in [0.25, 0.3) is 11.0 Å². The number of fused-ring (bicyclic) bond motifs is 2. The van der Waals surface area contributed by atoms with Gasteiger partial charge in [-0.25, -0.2) is 19.4 Å². The van der Waals surface area contributed by atoms with E-state index in [0.29, 0.717) is 36.4 Å². The number of carbonyl (C=O) groups is 3. The molecule has 9 N–H and O–H groups in total. The minimum Gasteiger partial charge on any atom is -0.394 e. The van der Waals surface area contributed by atoms with Crippen molar-refractivity contribution in [3.8, 4) is 11.8 Å². The van der Waals surface area contributed by atoms with Gasteiger partial charge in [0.15, 0.2) is 11.9 Å². The van der Waals surface area contributed by atoms with Gasteiger partial charge in [-0.3, -0.25) is 9.59 Å². The molecule has 17 heteroatoms. The first kappa shape index (κ1) is 33.7. The Labute approximate surface area is 270 Å². The Kier molecular flexibility index (Phi) is 11.5. The van der Waals surface area contributed by atoms with Gasteiger partial charge in [-0.1, -0.05) is 18.8 Å². The molecule has 3 saturated heterocycles. The highest BCUT2D eigenvalue weighted by Gasteiger charge is 2.45. The average molecular weight is 660 g/mol. The van der Waals surface area contributed by atoms with Crippen molar-refractivity contribution >= 4 is 46.5 Å². The third kappa shape index (κ3) is 7.99. The molecule has 0 spiro atoms. The van der Waals surface area contributed by atoms with Crippen molar-refractivity contribution in [2.75, 3.05) is 31.2 Å². The summed E-state index contributed by atoms with van der Waals surface area (Å²) in [6.45, 7) is 0.150. The SMILES string of the molecule is Nc1ncnc2c1c(C#CCNC(=O)CCCCCNC(=O)CCCCC1SC[C@@H]3NC(=O)N[C@H]13)nn2[C@@H]1O[C@H](CO)[C@@H](O)[C@H]1O. The van der Waals surface area contributed by atoms with Crippen LogP contribution in [-0.2, 0) is 14.3 Å². The maximum Gasteiger partial charge on any atom is 0.315 e. The van der Waals surface area contributed by atoms with Crippen LogP contribution < -0.4 is 27.0 Å². The van der Waals surface area contributed by atoms with E-state index in [1.807, 2.05) is 11.8 Å². The number of hydrogen-bond donors (Lipinski definition) is 8. The molecule has 250 valence electrons. The lowest BCUT2D eigenvalue weighted by Gasteiger charge is -2.16. The Bertz CT molecular complexity index is 1460. The zero-order valence-corrected chi connectivity index (χ0v) is 26.2. The van der Waals surface area contributed by atoms with Crippen LogP contribution in [0.4, 0.5) is 10.6 Å². The number of nitrogens with zero attached hydrogens (tertiary/aromatic N) is 4. The highest BCUT2D eigenvalue weighted by Crippen LogP contribution is 2.34. The molecule has 0 aromatic carbocycles. The summed E-state index contributed by atoms with van der Waals surface area (Å²) >= 11 is 1.88. The molecule has 1 unspecified atom stereocenters. The van der Waals surface area contributed by atoms with Gasteiger partial charge in [0.05, 0.1) is 30.6 Å². The number of rotatable bonds is 14. The summed E-state index contributed by atoms with van der Waals surface area (Å²) in [5, 5.41) is 46.7. The lowest BCUT2D eigenvalue weighted by molar-refractivity contribution is -0.122. The van der Waals surface area contributed by atoms with Gasteiger partial charge in [0.2, 0.25) is 11.8 Å². The van der Waals surface area contributed by atoms with Crippen molar-refractivity contribution in [3.63, 3.8) is 0 Å². The van der Waals surface area contributed by atoms with Crippen LogP contribution in [0.2, 0.25) is 0 Å². The minimum atomic E-state index is -1.37. The Morgan fingerprint density at radius 3 is 2.65 bits per heavy atom. The number of ether oxygens (including phenoxy) is 1. The number of aliphatic hydroxyl groups excluding tert-OH is 3. The second kappa shape index (κ2) is 15.7. The summed E-state index contributed by atoms with van der Waals surface area (Å²) in [7, 11) is 0. The van der Waals surface area contributed by atoms with E-state index in [1.54, 1.807) is 0 Å². The van der Waals surface area contributed by atoms with Gasteiger partial charge in [0, 0.05) is 30.4 Å². The summed E-state index contributed by atoms with van der Waals surface area (Å²) in [4.78, 5) is 44.1. The number of amides is 4. The summed E-state index contributed by atoms with van der Waals surface area (Å²) in [5.74, 6) is 6.63. The molecule has 46 heavy (non-hydrogen) atoms. The summed E-state index contributed by atoms with van der Waals surface area (Å²) in [5.41, 5.74) is 6.49. The molecule has 3 aliphatic heterocycles. The van der Waals surface area contributed by atoms with E-state index in [0.717, 1.165) is 37.9 Å². The van der Waals surface area contributed by atoms with Crippen LogP contribution in [0.1, 0.15) is 63.3 Å². The number of thioether (sulfide) groups is 1. The number of aromatic nitrogens is 4. The lowest BCUT2D eigenvalue weighted by Crippen LogP contribution is -2.36. The number of hydrogen-bond acceptors (Lipinski definition) is 12. The Morgan fingerprint density at radius 2 is 1.87 bits per heavy atom. The largest absolute Gasteiger partial charge is 0.394 e. The molecule has 4 amide bonds. The maximum absolute atomic E-state index is 12.3. The maximum atomic E-state index is 12.3. The zero-order valence-electron chi connectivity index (χ0n) is 25.4. The van der Waals surface area contributed by atoms with Crippen LogP contribution >= 0.6 is 11.8 Å². The van der Waals surface area contributed by atoms with Gasteiger partial charge < -0.3 is 47.1 Å². The van der Waals surface area contributed by atoms with Gasteiger partial charge in [-0.15, -0.1) is 0 Å². The first-order chi connectivity index (χ1) is 22.3. The Hall–Kier alpha value is -3.69. The molecule has 0 saturated carbocycles. The standard InChI is InChI=1S/C29H41N9O7S/c30-26-22-16(37-38(27(22)34-15-33-26)28-25(43)24(42)18(13-39)45-28)7-6-12-32-20(40)9-2-1-5-11-31-21(41)10-4-3-8-19-23-17(14-46-19)35-29(44)36-23/h15,17-19,23-25,28,39,42-43H,1-5,8-14H2,(H,31,41)(H,32,40)(H2,30,33,34)(H2,35,36,44)/t17-,18+,19?,23-,24+,25+,28+/m0/s1. The number of urea groups is 1. The summed E-state index contributed by atoms with van der Waals surface area (Å²) < 4.78 is 6.83. The number of nitrogen functional groups attached to an aromatic ring is 1. The van der Waals surface area contributed by atoms with E-state index in [1.165, 1.54) is 11.0 Å². The number of carbonyl (C=O) groups excluding carboxylic acids is 3. The van der Waals surface area contributed by atoms with E-state index in [-0.39, 0.29) is 53.6 Å². The number of anilines is 1. The molecule has 7 atom stereocenters. The van der Waals surface area contributed by atoms with Crippen LogP contribution in [0.5, 0.6) is 0 Å². The van der Waals surface area contributed by atoms with Crippen molar-refractivity contribution in [2.45, 2.75) is 93.2 Å². The Balaban J connectivity index is 0.958. The van der Waals surface area contributed by atoms with Crippen molar-refractivity contribution in [3.05, 3.63) is 12.0 Å². The molecule has 2 aromatic rings. The van der Waals surface area contributed by atoms with E-state index in [4.69, 9.17) is 10.5 Å². The number of unbranched alkanes of at least 4 members (excludes halogenated alkanes) is 3. The van der Waals surface area contributed by atoms with E-state index < -0.39 is 31.1 Å². The monoisotopic (exact) mass is 659 g/mol. The van der Waals surface area contributed by atoms with E-state index in [2.05, 4.69) is 48.2 Å². The Morgan fingerprint density at radius 1 is 1.09 bits per heavy atom. The second-order valence-electron chi connectivity index (χ2n) is 11.6. The molecule has 3 fully saturated rings. The summed E-state index contributed by atoms with van der Waals surface area (Å²) in [6, 6.07) is 0.338. The molecule has 3 aliphatic rings. The van der Waals surface area contributed by atoms with Crippen LogP contribution in [0, 0.1) is 11.8 Å². The summed E-state index contributed by atoms with van der Waals surface area (Å²) in [6.07, 6.45) is 2.25. The quantitative estimate of drug-likeness (QED) is 0.0685. The molecular weight excluding hydrogens is 618 g/mol. The normalized spacial score (nSPS) is 26.7. The smallest absolute Gasteiger partial charge is 0.315 e. The molecule has 0 radical (unpaired) electrons. The van der Waals surface area contributed by atoms with E-state index >= 15 is 0 Å². The number of nitrogens with one attached hydrogen (secondary N) is 4. The molecule has 0 aliphatic carbocycles. The topological polar surface area (TPSA) is 239 Å². The first-order valence-electron chi connectivity index (χ1n) is 15.6. The third-order valence-corrected chi connectivity index (χ3v) is 9.85. The highest BCUT2D eigenvalue weighted by atomic mass is 32.2. The van der Waals surface area contributed by atoms with Gasteiger partial charge in [-0.05, 0) is 31.6 Å². The van der Waals surface area contributed by atoms with Crippen molar-refractivity contribution in [1.82, 2.24) is 41.0 Å². The fourth-order valence-electron chi connectivity index (χ4n) is 5.88. The molecule has 2 aromatic heterocycles. The minimum absolute atomic E-state index is 0.0360. The molecule has 0 bridgehead atoms. The zero-order chi connectivity index (χ0) is 32.6. The molecule has 5 rings (SSSR count).